The average Bonchev–Trinajstić information content (AvgIpc) is 3.33. The van der Waals surface area contributed by atoms with Crippen LogP contribution in [0, 0.1) is 5.92 Å². The Labute approximate surface area is 212 Å². The van der Waals surface area contributed by atoms with Gasteiger partial charge in [-0.05, 0) is 41.3 Å². The van der Waals surface area contributed by atoms with Gasteiger partial charge in [-0.3, -0.25) is 4.79 Å². The van der Waals surface area contributed by atoms with Crippen molar-refractivity contribution in [1.29, 1.82) is 0 Å². The Hall–Kier alpha value is -2.18. The van der Waals surface area contributed by atoms with E-state index in [-0.39, 0.29) is 11.7 Å². The lowest BCUT2D eigenvalue weighted by Gasteiger charge is -2.33. The van der Waals surface area contributed by atoms with Crippen LogP contribution < -0.4 is 0 Å². The van der Waals surface area contributed by atoms with Crippen molar-refractivity contribution >= 4 is 29.1 Å². The van der Waals surface area contributed by atoms with Gasteiger partial charge in [0.05, 0.1) is 5.69 Å². The Balaban J connectivity index is 1.89. The number of benzene rings is 2. The molecule has 2 unspecified atom stereocenters. The smallest absolute Gasteiger partial charge is 0.216 e. The minimum atomic E-state index is -1.19. The van der Waals surface area contributed by atoms with E-state index < -0.39 is 4.21 Å². The molecule has 1 heterocycles. The molecule has 0 aliphatic heterocycles. The van der Waals surface area contributed by atoms with Crippen LogP contribution in [0.3, 0.4) is 0 Å². The molecule has 3 aromatic rings. The monoisotopic (exact) mass is 498 g/mol. The first-order valence-electron chi connectivity index (χ1n) is 12.4. The van der Waals surface area contributed by atoms with Crippen molar-refractivity contribution < 1.29 is 4.79 Å². The summed E-state index contributed by atoms with van der Waals surface area (Å²) in [6.45, 7) is 4.38. The molecule has 0 N–H and O–H groups in total. The highest BCUT2D eigenvalue weighted by Crippen LogP contribution is 2.48. The molecule has 0 aliphatic rings. The second kappa shape index (κ2) is 13.6. The van der Waals surface area contributed by atoms with Crippen LogP contribution in [0.5, 0.6) is 0 Å². The third-order valence-electron chi connectivity index (χ3n) is 6.10. The fraction of sp³-hybridized carbons (Fsp3) is 0.481. The van der Waals surface area contributed by atoms with Crippen molar-refractivity contribution in [3.63, 3.8) is 0 Å². The van der Waals surface area contributed by atoms with Crippen LogP contribution >= 0.6 is 23.4 Å². The van der Waals surface area contributed by atoms with Crippen LogP contribution in [-0.2, 0) is 0 Å². The summed E-state index contributed by atoms with van der Waals surface area (Å²) >= 11 is 8.67. The van der Waals surface area contributed by atoms with Gasteiger partial charge in [-0.25, -0.2) is 0 Å². The highest BCUT2D eigenvalue weighted by atomic mass is 35.5. The van der Waals surface area contributed by atoms with E-state index in [1.807, 2.05) is 60.7 Å². The maximum atomic E-state index is 13.9. The van der Waals surface area contributed by atoms with E-state index in [0.29, 0.717) is 10.7 Å². The number of ketones is 1. The van der Waals surface area contributed by atoms with E-state index in [0.717, 1.165) is 31.4 Å². The highest BCUT2D eigenvalue weighted by Gasteiger charge is 2.46. The summed E-state index contributed by atoms with van der Waals surface area (Å²) in [5, 5.41) is 12.9. The molecule has 0 spiro atoms. The number of tetrazole rings is 1. The van der Waals surface area contributed by atoms with E-state index in [4.69, 9.17) is 11.6 Å². The molecule has 2 aromatic carbocycles. The van der Waals surface area contributed by atoms with Gasteiger partial charge in [-0.1, -0.05) is 131 Å². The van der Waals surface area contributed by atoms with Crippen LogP contribution in [0.15, 0.2) is 65.8 Å². The van der Waals surface area contributed by atoms with Crippen LogP contribution in [0.1, 0.15) is 82.0 Å². The fourth-order valence-electron chi connectivity index (χ4n) is 4.24. The Morgan fingerprint density at radius 3 is 2.24 bits per heavy atom. The molecular formula is C27H35ClN4OS. The molecule has 0 amide bonds. The van der Waals surface area contributed by atoms with Crippen molar-refractivity contribution in [3.8, 4) is 5.69 Å². The number of aromatic nitrogens is 4. The van der Waals surface area contributed by atoms with E-state index in [2.05, 4.69) is 29.4 Å². The molecule has 0 fully saturated rings. The number of hydrogen-bond donors (Lipinski definition) is 0. The molecule has 0 radical (unpaired) electrons. The number of Topliss-reactive ketones (excluding diaryl/α,β-unsaturated/α-hetero) is 1. The van der Waals surface area contributed by atoms with Crippen LogP contribution in [0.2, 0.25) is 0 Å². The summed E-state index contributed by atoms with van der Waals surface area (Å²) in [4.78, 5) is 13.9. The number of para-hydroxylation sites is 1. The molecule has 2 atom stereocenters. The van der Waals surface area contributed by atoms with E-state index >= 15 is 0 Å². The number of carbonyl (C=O) groups excluding carboxylic acids is 1. The number of alkyl halides is 1. The molecule has 1 aromatic heterocycles. The number of thioether (sulfide) groups is 1. The van der Waals surface area contributed by atoms with Gasteiger partial charge in [0.2, 0.25) is 5.16 Å². The molecule has 5 nitrogen and oxygen atoms in total. The van der Waals surface area contributed by atoms with Crippen molar-refractivity contribution in [2.24, 2.45) is 5.92 Å². The lowest BCUT2D eigenvalue weighted by atomic mass is 9.88. The first-order chi connectivity index (χ1) is 16.6. The van der Waals surface area contributed by atoms with Gasteiger partial charge in [0.15, 0.2) is 9.99 Å². The minimum absolute atomic E-state index is 0.00368. The lowest BCUT2D eigenvalue weighted by molar-refractivity contribution is 0.0944. The maximum Gasteiger partial charge on any atom is 0.216 e. The first-order valence-corrected chi connectivity index (χ1v) is 13.6. The van der Waals surface area contributed by atoms with Crippen molar-refractivity contribution in [3.05, 3.63) is 66.2 Å². The fourth-order valence-corrected chi connectivity index (χ4v) is 5.96. The standard InChI is InChI=1S/C27H35ClN4OS/c1-3-5-6-7-8-13-19-23(16-4-2)27(28,25(33)22-17-11-9-12-18-22)34-26-29-30-31-32(26)24-20-14-10-15-21-24/h9-12,14-15,17-18,20-21,23H,3-8,13,16,19H2,1-2H3. The number of carbonyl (C=O) groups is 1. The van der Waals surface area contributed by atoms with Crippen molar-refractivity contribution in [1.82, 2.24) is 20.2 Å². The summed E-state index contributed by atoms with van der Waals surface area (Å²) < 4.78 is 0.468. The quantitative estimate of drug-likeness (QED) is 0.0927. The van der Waals surface area contributed by atoms with E-state index in [1.54, 1.807) is 4.68 Å². The summed E-state index contributed by atoms with van der Waals surface area (Å²) in [7, 11) is 0. The van der Waals surface area contributed by atoms with Gasteiger partial charge in [-0.2, -0.15) is 4.68 Å². The number of nitrogens with zero attached hydrogens (tertiary/aromatic N) is 4. The summed E-state index contributed by atoms with van der Waals surface area (Å²) in [5.41, 5.74) is 1.46. The molecular weight excluding hydrogens is 464 g/mol. The number of halogens is 1. The Morgan fingerprint density at radius 1 is 0.912 bits per heavy atom. The van der Waals surface area contributed by atoms with Crippen LogP contribution in [0.4, 0.5) is 0 Å². The second-order valence-electron chi connectivity index (χ2n) is 8.69. The molecule has 182 valence electrons. The Kier molecular flexibility index (Phi) is 10.6. The van der Waals surface area contributed by atoms with Gasteiger partial charge < -0.3 is 0 Å². The van der Waals surface area contributed by atoms with Gasteiger partial charge in [0.1, 0.15) is 0 Å². The largest absolute Gasteiger partial charge is 0.291 e. The third-order valence-corrected chi connectivity index (χ3v) is 8.06. The summed E-state index contributed by atoms with van der Waals surface area (Å²) in [6.07, 6.45) is 9.98. The number of unbranched alkanes of at least 4 members (excludes halogenated alkanes) is 5. The van der Waals surface area contributed by atoms with Gasteiger partial charge >= 0.3 is 0 Å². The normalized spacial score (nSPS) is 14.0. The molecule has 0 bridgehead atoms. The van der Waals surface area contributed by atoms with Gasteiger partial charge in [-0.15, -0.1) is 5.10 Å². The molecule has 34 heavy (non-hydrogen) atoms. The number of hydrogen-bond acceptors (Lipinski definition) is 5. The Bertz CT molecular complexity index is 998. The van der Waals surface area contributed by atoms with E-state index in [1.165, 1.54) is 43.9 Å². The Morgan fingerprint density at radius 2 is 1.56 bits per heavy atom. The molecule has 0 aliphatic carbocycles. The topological polar surface area (TPSA) is 60.7 Å². The lowest BCUT2D eigenvalue weighted by Crippen LogP contribution is -2.38. The predicted octanol–water partition coefficient (Wildman–Crippen LogP) is 7.74. The zero-order valence-electron chi connectivity index (χ0n) is 20.2. The molecule has 7 heteroatoms. The maximum absolute atomic E-state index is 13.9. The summed E-state index contributed by atoms with van der Waals surface area (Å²) in [6, 6.07) is 19.1. The number of rotatable bonds is 15. The van der Waals surface area contributed by atoms with Crippen molar-refractivity contribution in [2.45, 2.75) is 81.0 Å². The van der Waals surface area contributed by atoms with Crippen LogP contribution in [-0.4, -0.2) is 30.2 Å². The molecule has 3 rings (SSSR count). The van der Waals surface area contributed by atoms with Crippen LogP contribution in [0.25, 0.3) is 5.69 Å². The van der Waals surface area contributed by atoms with E-state index in [9.17, 15) is 4.79 Å². The predicted molar refractivity (Wildman–Crippen MR) is 141 cm³/mol. The van der Waals surface area contributed by atoms with Gasteiger partial charge in [0, 0.05) is 5.56 Å². The molecule has 0 saturated heterocycles. The zero-order valence-corrected chi connectivity index (χ0v) is 21.8. The zero-order chi connectivity index (χ0) is 24.2. The molecule has 0 saturated carbocycles. The third kappa shape index (κ3) is 6.92. The minimum Gasteiger partial charge on any atom is -0.291 e. The summed E-state index contributed by atoms with van der Waals surface area (Å²) in [5.74, 6) is -0.0733. The van der Waals surface area contributed by atoms with Gasteiger partial charge in [0.25, 0.3) is 0 Å². The first kappa shape index (κ1) is 26.4. The van der Waals surface area contributed by atoms with Crippen molar-refractivity contribution in [2.75, 3.05) is 0 Å². The second-order valence-corrected chi connectivity index (χ2v) is 10.7. The average molecular weight is 499 g/mol. The SMILES string of the molecule is CCCCCCCCC(CCC)C(Cl)(Sc1nnnn1-c1ccccc1)C(=O)c1ccccc1. The highest BCUT2D eigenvalue weighted by molar-refractivity contribution is 8.02.